The highest BCUT2D eigenvalue weighted by atomic mass is 32.2. The summed E-state index contributed by atoms with van der Waals surface area (Å²) in [5, 5.41) is 23.5. The van der Waals surface area contributed by atoms with Crippen molar-refractivity contribution in [2.24, 2.45) is 11.3 Å². The number of aliphatic hydroxyl groups is 1. The van der Waals surface area contributed by atoms with Crippen LogP contribution < -0.4 is 23.8 Å². The first-order chi connectivity index (χ1) is 32.1. The van der Waals surface area contributed by atoms with Crippen molar-refractivity contribution < 1.29 is 37.5 Å². The third kappa shape index (κ3) is 9.19. The van der Waals surface area contributed by atoms with Crippen LogP contribution in [0.2, 0.25) is 0 Å². The normalized spacial score (nSPS) is 24.2. The number of pyridine rings is 1. The lowest BCUT2D eigenvalue weighted by molar-refractivity contribution is -0.386. The second-order valence-corrected chi connectivity index (χ2v) is 22.0. The number of nitrogens with one attached hydrogen (secondary N) is 2. The van der Waals surface area contributed by atoms with Gasteiger partial charge in [0.05, 0.1) is 27.2 Å². The number of H-pyrrole nitrogens is 1. The summed E-state index contributed by atoms with van der Waals surface area (Å²) in [6.45, 7) is 9.26. The summed E-state index contributed by atoms with van der Waals surface area (Å²) in [5.41, 5.74) is 3.41. The molecule has 5 aromatic rings. The van der Waals surface area contributed by atoms with Gasteiger partial charge in [-0.3, -0.25) is 19.8 Å². The zero-order valence-corrected chi connectivity index (χ0v) is 39.2. The van der Waals surface area contributed by atoms with Crippen molar-refractivity contribution in [3.63, 3.8) is 0 Å². The van der Waals surface area contributed by atoms with E-state index in [1.165, 1.54) is 43.0 Å². The maximum atomic E-state index is 14.1. The molecule has 4 fully saturated rings. The minimum Gasteiger partial charge on any atom is -0.486 e. The lowest BCUT2D eigenvalue weighted by Gasteiger charge is -2.56. The molecule has 2 atom stereocenters. The average Bonchev–Trinajstić information content (AvgIpc) is 3.98. The molecule has 3 N–H and O–H groups in total. The van der Waals surface area contributed by atoms with Gasteiger partial charge in [0.25, 0.3) is 15.9 Å². The standard InChI is InChI=1S/C51H60N6O9S/c1-32(2)40-7-4-5-8-41(40)43-9-6-20-56(43)36-28-51(29-36)17-21-55(22-18-51)35-10-11-42(45(25-35)65-37-24-34-14-19-52-48(34)53-30-37)49(58)54-67(62,63)39-26-44(57(60)61)47-46(27-39)64-31-38(66-47)23-33-12-15-50(3,59)16-13-33/h4-5,7-8,10-11,14,19,24-27,30,32-33,36,38,43,59H,6,9,12-13,15-18,20-23,28-29,31H2,1-3H3,(H,52,53)(H,54,58)/t33-,38-,43+,50-/m1/s1. The molecule has 2 aromatic heterocycles. The van der Waals surface area contributed by atoms with Gasteiger partial charge in [-0.15, -0.1) is 0 Å². The number of nitrogens with zero attached hydrogens (tertiary/aromatic N) is 4. The number of anilines is 1. The Hall–Kier alpha value is -5.71. The lowest BCUT2D eigenvalue weighted by Crippen LogP contribution is -2.54. The predicted molar refractivity (Wildman–Crippen MR) is 254 cm³/mol. The van der Waals surface area contributed by atoms with Crippen LogP contribution in [-0.2, 0) is 10.0 Å². The predicted octanol–water partition coefficient (Wildman–Crippen LogP) is 9.56. The molecular weight excluding hydrogens is 873 g/mol. The Bertz CT molecular complexity index is 2780. The largest absolute Gasteiger partial charge is 0.486 e. The quantitative estimate of drug-likeness (QED) is 0.0795. The second-order valence-electron chi connectivity index (χ2n) is 20.3. The number of sulfonamides is 1. The highest BCUT2D eigenvalue weighted by molar-refractivity contribution is 7.90. The van der Waals surface area contributed by atoms with Crippen molar-refractivity contribution in [1.29, 1.82) is 0 Å². The van der Waals surface area contributed by atoms with Gasteiger partial charge in [-0.1, -0.05) is 38.1 Å². The molecule has 0 radical (unpaired) electrons. The van der Waals surface area contributed by atoms with Gasteiger partial charge >= 0.3 is 5.69 Å². The van der Waals surface area contributed by atoms with E-state index >= 15 is 0 Å². The number of hydrogen-bond acceptors (Lipinski definition) is 12. The van der Waals surface area contributed by atoms with Gasteiger partial charge in [0.15, 0.2) is 5.75 Å². The number of piperidine rings is 1. The summed E-state index contributed by atoms with van der Waals surface area (Å²) in [4.78, 5) is 37.8. The summed E-state index contributed by atoms with van der Waals surface area (Å²) in [6, 6.07) is 20.8. The number of rotatable bonds is 12. The second kappa shape index (κ2) is 17.7. The maximum absolute atomic E-state index is 14.1. The van der Waals surface area contributed by atoms with E-state index in [-0.39, 0.29) is 35.3 Å². The number of nitro benzene ring substituents is 1. The molecule has 1 amide bonds. The van der Waals surface area contributed by atoms with Gasteiger partial charge in [0.1, 0.15) is 29.9 Å². The van der Waals surface area contributed by atoms with Gasteiger partial charge in [-0.05, 0) is 137 Å². The molecule has 3 aromatic carbocycles. The summed E-state index contributed by atoms with van der Waals surface area (Å²) < 4.78 is 48.4. The molecule has 2 saturated carbocycles. The molecule has 5 heterocycles. The number of hydrogen-bond donors (Lipinski definition) is 3. The van der Waals surface area contributed by atoms with Crippen molar-refractivity contribution in [3.8, 4) is 23.0 Å². The molecule has 1 spiro atoms. The molecule has 67 heavy (non-hydrogen) atoms. The fraction of sp³-hybridized carbons (Fsp3) is 0.490. The van der Waals surface area contributed by atoms with Crippen LogP contribution in [-0.4, -0.2) is 83.2 Å². The molecule has 2 saturated heterocycles. The Morgan fingerprint density at radius 3 is 2.57 bits per heavy atom. The van der Waals surface area contributed by atoms with Crippen LogP contribution in [0.3, 0.4) is 0 Å². The van der Waals surface area contributed by atoms with E-state index in [1.807, 2.05) is 19.1 Å². The molecule has 10 rings (SSSR count). The van der Waals surface area contributed by atoms with Crippen molar-refractivity contribution in [3.05, 3.63) is 106 Å². The number of benzene rings is 3. The first-order valence-corrected chi connectivity index (χ1v) is 25.4. The summed E-state index contributed by atoms with van der Waals surface area (Å²) in [6.07, 6.45) is 13.2. The van der Waals surface area contributed by atoms with Crippen LogP contribution in [0, 0.1) is 21.4 Å². The topological polar surface area (TPSA) is 189 Å². The van der Waals surface area contributed by atoms with E-state index in [0.29, 0.717) is 54.1 Å². The van der Waals surface area contributed by atoms with E-state index in [2.05, 4.69) is 62.6 Å². The van der Waals surface area contributed by atoms with Crippen LogP contribution >= 0.6 is 0 Å². The van der Waals surface area contributed by atoms with Gasteiger partial charge in [-0.25, -0.2) is 18.1 Å². The lowest BCUT2D eigenvalue weighted by atomic mass is 9.59. The molecule has 3 aliphatic heterocycles. The van der Waals surface area contributed by atoms with Crippen LogP contribution in [0.4, 0.5) is 11.4 Å². The SMILES string of the molecule is CC(C)c1ccccc1[C@@H]1CCCN1C1CC2(CCN(c3ccc(C(=O)NS(=O)(=O)c4cc5c(c([N+](=O)[O-])c4)O[C@H](C[C@H]4CC[C@](C)(O)CC4)CO5)c(Oc4cnc5[nH]ccc5c4)c3)CC2)C1. The third-order valence-corrected chi connectivity index (χ3v) is 16.6. The molecule has 0 bridgehead atoms. The Kier molecular flexibility index (Phi) is 11.9. The van der Waals surface area contributed by atoms with Crippen LogP contribution in [0.25, 0.3) is 11.0 Å². The molecule has 2 aliphatic carbocycles. The van der Waals surface area contributed by atoms with Crippen molar-refractivity contribution in [2.45, 2.75) is 126 Å². The van der Waals surface area contributed by atoms with E-state index in [1.54, 1.807) is 24.4 Å². The fourth-order valence-electron chi connectivity index (χ4n) is 11.5. The number of amides is 1. The number of carbonyl (C=O) groups excluding carboxylic acids is 1. The fourth-order valence-corrected chi connectivity index (χ4v) is 12.5. The summed E-state index contributed by atoms with van der Waals surface area (Å²) in [5.74, 6) is -0.00447. The third-order valence-electron chi connectivity index (χ3n) is 15.3. The van der Waals surface area contributed by atoms with Crippen molar-refractivity contribution in [1.82, 2.24) is 19.6 Å². The highest BCUT2D eigenvalue weighted by Crippen LogP contribution is 2.54. The molecule has 354 valence electrons. The highest BCUT2D eigenvalue weighted by Gasteiger charge is 2.50. The smallest absolute Gasteiger partial charge is 0.316 e. The van der Waals surface area contributed by atoms with Crippen LogP contribution in [0.5, 0.6) is 23.0 Å². The van der Waals surface area contributed by atoms with Gasteiger partial charge in [0, 0.05) is 60.6 Å². The van der Waals surface area contributed by atoms with E-state index in [9.17, 15) is 28.4 Å². The molecule has 5 aliphatic rings. The number of fused-ring (bicyclic) bond motifs is 2. The number of carbonyl (C=O) groups is 1. The van der Waals surface area contributed by atoms with E-state index in [0.717, 1.165) is 68.5 Å². The van der Waals surface area contributed by atoms with E-state index in [4.69, 9.17) is 14.2 Å². The minimum absolute atomic E-state index is 0.0462. The summed E-state index contributed by atoms with van der Waals surface area (Å²) >= 11 is 0. The number of nitro groups is 1. The van der Waals surface area contributed by atoms with Crippen molar-refractivity contribution >= 4 is 38.3 Å². The zero-order chi connectivity index (χ0) is 46.7. The molecule has 0 unspecified atom stereocenters. The Balaban J connectivity index is 0.845. The monoisotopic (exact) mass is 932 g/mol. The number of ether oxygens (including phenoxy) is 3. The van der Waals surface area contributed by atoms with Crippen LogP contribution in [0.1, 0.15) is 125 Å². The molecule has 15 nitrogen and oxygen atoms in total. The Labute approximate surface area is 391 Å². The summed E-state index contributed by atoms with van der Waals surface area (Å²) in [7, 11) is -4.68. The first-order valence-electron chi connectivity index (χ1n) is 23.9. The first kappa shape index (κ1) is 45.1. The minimum atomic E-state index is -4.68. The zero-order valence-electron chi connectivity index (χ0n) is 38.4. The molecular formula is C51H60N6O9S. The van der Waals surface area contributed by atoms with Gasteiger partial charge in [0.2, 0.25) is 5.75 Å². The van der Waals surface area contributed by atoms with Crippen LogP contribution in [0.15, 0.2) is 84.0 Å². The Morgan fingerprint density at radius 1 is 1.03 bits per heavy atom. The maximum Gasteiger partial charge on any atom is 0.316 e. The number of likely N-dealkylation sites (tertiary alicyclic amines) is 1. The van der Waals surface area contributed by atoms with Gasteiger partial charge < -0.3 is 29.2 Å². The van der Waals surface area contributed by atoms with Crippen molar-refractivity contribution in [2.75, 3.05) is 31.1 Å². The Morgan fingerprint density at radius 2 is 1.81 bits per heavy atom. The number of aromatic nitrogens is 2. The van der Waals surface area contributed by atoms with Gasteiger partial charge in [-0.2, -0.15) is 0 Å². The average molecular weight is 933 g/mol. The van der Waals surface area contributed by atoms with E-state index < -0.39 is 43.1 Å². The number of aromatic amines is 1. The molecule has 16 heteroatoms.